The van der Waals surface area contributed by atoms with Crippen LogP contribution in [0.3, 0.4) is 0 Å². The molecule has 1 heterocycles. The van der Waals surface area contributed by atoms with E-state index in [2.05, 4.69) is 4.84 Å². The summed E-state index contributed by atoms with van der Waals surface area (Å²) in [5.41, 5.74) is 2.24. The highest BCUT2D eigenvalue weighted by Crippen LogP contribution is 2.33. The van der Waals surface area contributed by atoms with Gasteiger partial charge >= 0.3 is 6.18 Å². The number of halogens is 3. The molecule has 0 aromatic heterocycles. The molecule has 0 spiro atoms. The molecule has 8 heteroatoms. The Kier molecular flexibility index (Phi) is 3.33. The van der Waals surface area contributed by atoms with E-state index in [0.29, 0.717) is 10.8 Å². The van der Waals surface area contributed by atoms with Crippen LogP contribution in [0.1, 0.15) is 0 Å². The lowest BCUT2D eigenvalue weighted by molar-refractivity contribution is -0.196. The summed E-state index contributed by atoms with van der Waals surface area (Å²) in [5, 5.41) is 9.90. The third-order valence-corrected chi connectivity index (χ3v) is 2.51. The maximum absolute atomic E-state index is 12.7. The molecule has 1 saturated heterocycles. The number of nitrogens with zero attached hydrogens (tertiary/aromatic N) is 1. The summed E-state index contributed by atoms with van der Waals surface area (Å²) >= 11 is 0. The highest BCUT2D eigenvalue weighted by Gasteiger charge is 2.53. The van der Waals surface area contributed by atoms with Crippen molar-refractivity contribution in [2.45, 2.75) is 18.5 Å². The molecule has 0 aliphatic carbocycles. The van der Waals surface area contributed by atoms with Crippen LogP contribution in [-0.2, 0) is 4.84 Å². The van der Waals surface area contributed by atoms with Crippen LogP contribution in [0.4, 0.5) is 18.9 Å². The number of benzene rings is 1. The van der Waals surface area contributed by atoms with Crippen LogP contribution in [0.5, 0.6) is 5.75 Å². The molecule has 1 aliphatic heterocycles. The summed E-state index contributed by atoms with van der Waals surface area (Å²) in [7, 11) is 1.45. The standard InChI is InChI=1S/C10H11F3N2O3/c1-17-7-4-2-6(3-5-7)15-8(10(11,12)13)9(16)18-14-15/h2-5,8-9,14,16H,1H3. The Morgan fingerprint density at radius 3 is 2.44 bits per heavy atom. The molecule has 1 aliphatic rings. The van der Waals surface area contributed by atoms with Crippen molar-refractivity contribution in [1.29, 1.82) is 0 Å². The Morgan fingerprint density at radius 1 is 1.33 bits per heavy atom. The maximum Gasteiger partial charge on any atom is 0.415 e. The number of ether oxygens (including phenoxy) is 1. The molecule has 2 N–H and O–H groups in total. The third-order valence-electron chi connectivity index (χ3n) is 2.51. The van der Waals surface area contributed by atoms with E-state index in [4.69, 9.17) is 4.74 Å². The molecule has 0 radical (unpaired) electrons. The van der Waals surface area contributed by atoms with Gasteiger partial charge in [-0.2, -0.15) is 13.2 Å². The predicted octanol–water partition coefficient (Wildman–Crippen LogP) is 1.20. The minimum absolute atomic E-state index is 0.203. The van der Waals surface area contributed by atoms with E-state index in [1.807, 2.05) is 5.59 Å². The fraction of sp³-hybridized carbons (Fsp3) is 0.400. The minimum Gasteiger partial charge on any atom is -0.497 e. The van der Waals surface area contributed by atoms with Crippen molar-refractivity contribution in [1.82, 2.24) is 5.59 Å². The van der Waals surface area contributed by atoms with E-state index in [-0.39, 0.29) is 5.69 Å². The van der Waals surface area contributed by atoms with Crippen LogP contribution >= 0.6 is 0 Å². The van der Waals surface area contributed by atoms with Gasteiger partial charge in [0.2, 0.25) is 6.29 Å². The lowest BCUT2D eigenvalue weighted by atomic mass is 10.2. The number of methoxy groups -OCH3 is 1. The number of nitrogens with one attached hydrogen (secondary N) is 1. The molecule has 0 bridgehead atoms. The van der Waals surface area contributed by atoms with Crippen molar-refractivity contribution in [3.05, 3.63) is 24.3 Å². The van der Waals surface area contributed by atoms with Crippen molar-refractivity contribution >= 4 is 5.69 Å². The molecule has 0 amide bonds. The highest BCUT2D eigenvalue weighted by atomic mass is 19.4. The quantitative estimate of drug-likeness (QED) is 0.840. The number of alkyl halides is 3. The third kappa shape index (κ3) is 2.35. The molecule has 100 valence electrons. The van der Waals surface area contributed by atoms with Gasteiger partial charge in [0.1, 0.15) is 5.75 Å². The molecule has 2 atom stereocenters. The van der Waals surface area contributed by atoms with Crippen LogP contribution in [-0.4, -0.2) is 30.7 Å². The Hall–Kier alpha value is -1.51. The topological polar surface area (TPSA) is 54.0 Å². The first-order valence-electron chi connectivity index (χ1n) is 5.03. The molecular weight excluding hydrogens is 253 g/mol. The van der Waals surface area contributed by atoms with Crippen molar-refractivity contribution in [2.24, 2.45) is 0 Å². The summed E-state index contributed by atoms with van der Waals surface area (Å²) in [4.78, 5) is 4.40. The van der Waals surface area contributed by atoms with Gasteiger partial charge in [0.15, 0.2) is 6.04 Å². The molecule has 1 aromatic rings. The van der Waals surface area contributed by atoms with Gasteiger partial charge in [-0.25, -0.2) is 4.84 Å². The first-order valence-corrected chi connectivity index (χ1v) is 5.03. The highest BCUT2D eigenvalue weighted by molar-refractivity contribution is 5.49. The van der Waals surface area contributed by atoms with Gasteiger partial charge in [0.25, 0.3) is 0 Å². The second-order valence-corrected chi connectivity index (χ2v) is 3.65. The normalized spacial score (nSPS) is 24.4. The van der Waals surface area contributed by atoms with Crippen molar-refractivity contribution in [2.75, 3.05) is 12.1 Å². The van der Waals surface area contributed by atoms with Gasteiger partial charge in [-0.1, -0.05) is 0 Å². The molecule has 5 nitrogen and oxygen atoms in total. The number of anilines is 1. The van der Waals surface area contributed by atoms with Gasteiger partial charge in [-0.05, 0) is 24.3 Å². The average Bonchev–Trinajstić information content (AvgIpc) is 2.71. The largest absolute Gasteiger partial charge is 0.497 e. The van der Waals surface area contributed by atoms with Gasteiger partial charge < -0.3 is 9.84 Å². The Morgan fingerprint density at radius 2 is 1.94 bits per heavy atom. The van der Waals surface area contributed by atoms with Crippen LogP contribution < -0.4 is 15.3 Å². The van der Waals surface area contributed by atoms with E-state index in [1.54, 1.807) is 0 Å². The number of hydrazine groups is 1. The first kappa shape index (κ1) is 12.9. The zero-order valence-electron chi connectivity index (χ0n) is 9.31. The molecular formula is C10H11F3N2O3. The summed E-state index contributed by atoms with van der Waals surface area (Å²) in [6.45, 7) is 0. The molecule has 18 heavy (non-hydrogen) atoms. The fourth-order valence-corrected chi connectivity index (χ4v) is 1.62. The minimum atomic E-state index is -4.62. The van der Waals surface area contributed by atoms with Crippen LogP contribution in [0.15, 0.2) is 24.3 Å². The van der Waals surface area contributed by atoms with Gasteiger partial charge in [0, 0.05) is 0 Å². The second-order valence-electron chi connectivity index (χ2n) is 3.65. The van der Waals surface area contributed by atoms with Gasteiger partial charge in [-0.3, -0.25) is 5.01 Å². The van der Waals surface area contributed by atoms with Crippen LogP contribution in [0.2, 0.25) is 0 Å². The van der Waals surface area contributed by atoms with Crippen molar-refractivity contribution in [3.63, 3.8) is 0 Å². The lowest BCUT2D eigenvalue weighted by Crippen LogP contribution is -2.49. The number of aliphatic hydroxyl groups is 1. The zero-order valence-corrected chi connectivity index (χ0v) is 9.31. The van der Waals surface area contributed by atoms with E-state index < -0.39 is 18.5 Å². The molecule has 1 fully saturated rings. The van der Waals surface area contributed by atoms with Crippen LogP contribution in [0.25, 0.3) is 0 Å². The summed E-state index contributed by atoms with van der Waals surface area (Å²) < 4.78 is 43.1. The number of aliphatic hydroxyl groups excluding tert-OH is 1. The summed E-state index contributed by atoms with van der Waals surface area (Å²) in [6, 6.07) is 3.70. The summed E-state index contributed by atoms with van der Waals surface area (Å²) in [6.07, 6.45) is -6.60. The van der Waals surface area contributed by atoms with Crippen molar-refractivity contribution < 1.29 is 27.9 Å². The van der Waals surface area contributed by atoms with Gasteiger partial charge in [0.05, 0.1) is 12.8 Å². The van der Waals surface area contributed by atoms with E-state index in [9.17, 15) is 18.3 Å². The fourth-order valence-electron chi connectivity index (χ4n) is 1.62. The Labute approximate surface area is 101 Å². The lowest BCUT2D eigenvalue weighted by Gasteiger charge is -2.26. The molecule has 0 saturated carbocycles. The average molecular weight is 264 g/mol. The second kappa shape index (κ2) is 4.63. The van der Waals surface area contributed by atoms with E-state index in [1.165, 1.54) is 31.4 Å². The van der Waals surface area contributed by atoms with E-state index >= 15 is 0 Å². The predicted molar refractivity (Wildman–Crippen MR) is 55.5 cm³/mol. The molecule has 1 aromatic carbocycles. The van der Waals surface area contributed by atoms with Gasteiger partial charge in [-0.15, -0.1) is 5.59 Å². The van der Waals surface area contributed by atoms with Crippen molar-refractivity contribution in [3.8, 4) is 5.75 Å². The SMILES string of the molecule is COc1ccc(N2NOC(O)C2C(F)(F)F)cc1. The number of hydrogen-bond donors (Lipinski definition) is 2. The zero-order chi connectivity index (χ0) is 13.3. The smallest absolute Gasteiger partial charge is 0.415 e. The Balaban J connectivity index is 2.25. The monoisotopic (exact) mass is 264 g/mol. The first-order chi connectivity index (χ1) is 8.43. The number of hydrogen-bond acceptors (Lipinski definition) is 5. The van der Waals surface area contributed by atoms with Crippen LogP contribution in [0, 0.1) is 0 Å². The maximum atomic E-state index is 12.7. The molecule has 2 rings (SSSR count). The Bertz CT molecular complexity index is 410. The number of rotatable bonds is 2. The van der Waals surface area contributed by atoms with E-state index in [0.717, 1.165) is 0 Å². The molecule has 2 unspecified atom stereocenters. The summed E-state index contributed by atoms with van der Waals surface area (Å²) in [5.74, 6) is 0.517.